The first-order chi connectivity index (χ1) is 6.33. The standard InChI is InChI=1S/C9H18N2OSSi/c1-9(2,3)14(4,5)12-6-8-10-7-13-11-8/h7H,6H2,1-5H3. The Morgan fingerprint density at radius 2 is 2.07 bits per heavy atom. The summed E-state index contributed by atoms with van der Waals surface area (Å²) in [6.07, 6.45) is 0. The lowest BCUT2D eigenvalue weighted by atomic mass is 10.2. The third kappa shape index (κ3) is 2.86. The first-order valence-corrected chi connectivity index (χ1v) is 8.46. The molecule has 0 amide bonds. The second kappa shape index (κ2) is 4.08. The van der Waals surface area contributed by atoms with E-state index >= 15 is 0 Å². The van der Waals surface area contributed by atoms with Crippen LogP contribution in [0.4, 0.5) is 0 Å². The predicted octanol–water partition coefficient (Wildman–Crippen LogP) is 3.06. The Morgan fingerprint density at radius 1 is 1.43 bits per heavy atom. The van der Waals surface area contributed by atoms with Crippen LogP contribution in [0.25, 0.3) is 0 Å². The molecule has 5 heteroatoms. The molecular formula is C9H18N2OSSi. The third-order valence-corrected chi connectivity index (χ3v) is 7.77. The van der Waals surface area contributed by atoms with Gasteiger partial charge in [-0.25, -0.2) is 4.98 Å². The highest BCUT2D eigenvalue weighted by Gasteiger charge is 2.37. The van der Waals surface area contributed by atoms with Crippen molar-refractivity contribution in [3.05, 3.63) is 11.3 Å². The van der Waals surface area contributed by atoms with Crippen LogP contribution < -0.4 is 0 Å². The zero-order chi connectivity index (χ0) is 10.8. The molecule has 1 rings (SSSR count). The summed E-state index contributed by atoms with van der Waals surface area (Å²) in [6.45, 7) is 11.7. The molecule has 1 aromatic rings. The lowest BCUT2D eigenvalue weighted by Gasteiger charge is -2.35. The van der Waals surface area contributed by atoms with Gasteiger partial charge in [-0.1, -0.05) is 20.8 Å². The van der Waals surface area contributed by atoms with Gasteiger partial charge in [0.2, 0.25) is 0 Å². The zero-order valence-corrected chi connectivity index (χ0v) is 11.3. The highest BCUT2D eigenvalue weighted by Crippen LogP contribution is 2.36. The Labute approximate surface area is 90.8 Å². The fourth-order valence-electron chi connectivity index (χ4n) is 0.717. The van der Waals surface area contributed by atoms with Gasteiger partial charge in [-0.2, -0.15) is 4.37 Å². The predicted molar refractivity (Wildman–Crippen MR) is 61.9 cm³/mol. The van der Waals surface area contributed by atoms with Crippen molar-refractivity contribution in [2.75, 3.05) is 0 Å². The lowest BCUT2D eigenvalue weighted by molar-refractivity contribution is 0.269. The summed E-state index contributed by atoms with van der Waals surface area (Å²) in [5.74, 6) is 0.805. The van der Waals surface area contributed by atoms with E-state index in [2.05, 4.69) is 43.2 Å². The summed E-state index contributed by atoms with van der Waals surface area (Å²) in [5, 5.41) is 0.253. The first-order valence-electron chi connectivity index (χ1n) is 4.72. The minimum Gasteiger partial charge on any atom is -0.409 e. The van der Waals surface area contributed by atoms with E-state index in [0.717, 1.165) is 5.82 Å². The molecular weight excluding hydrogens is 212 g/mol. The lowest BCUT2D eigenvalue weighted by Crippen LogP contribution is -2.40. The smallest absolute Gasteiger partial charge is 0.192 e. The summed E-state index contributed by atoms with van der Waals surface area (Å²) in [4.78, 5) is 4.11. The molecule has 0 atom stereocenters. The summed E-state index contributed by atoms with van der Waals surface area (Å²) < 4.78 is 10.1. The van der Waals surface area contributed by atoms with Gasteiger partial charge in [-0.3, -0.25) is 0 Å². The molecule has 0 spiro atoms. The van der Waals surface area contributed by atoms with Gasteiger partial charge in [0.15, 0.2) is 14.1 Å². The van der Waals surface area contributed by atoms with Crippen LogP contribution in [-0.2, 0) is 11.0 Å². The van der Waals surface area contributed by atoms with Crippen molar-refractivity contribution < 1.29 is 4.43 Å². The van der Waals surface area contributed by atoms with Crippen LogP contribution in [0.1, 0.15) is 26.6 Å². The zero-order valence-electron chi connectivity index (χ0n) is 9.50. The van der Waals surface area contributed by atoms with Gasteiger partial charge in [0.05, 0.1) is 6.61 Å². The molecule has 0 aliphatic rings. The highest BCUT2D eigenvalue weighted by molar-refractivity contribution is 7.03. The van der Waals surface area contributed by atoms with Gasteiger partial charge in [0, 0.05) is 0 Å². The van der Waals surface area contributed by atoms with E-state index in [1.807, 2.05) is 0 Å². The maximum absolute atomic E-state index is 5.96. The van der Waals surface area contributed by atoms with Crippen LogP contribution >= 0.6 is 11.5 Å². The molecule has 0 aliphatic carbocycles. The molecule has 0 N–H and O–H groups in total. The summed E-state index contributed by atoms with van der Waals surface area (Å²) in [7, 11) is -1.64. The highest BCUT2D eigenvalue weighted by atomic mass is 32.1. The van der Waals surface area contributed by atoms with Crippen LogP contribution in [0.3, 0.4) is 0 Å². The molecule has 0 bridgehead atoms. The number of rotatable bonds is 3. The monoisotopic (exact) mass is 230 g/mol. The summed E-state index contributed by atoms with van der Waals surface area (Å²) >= 11 is 1.37. The molecule has 3 nitrogen and oxygen atoms in total. The van der Waals surface area contributed by atoms with Crippen molar-refractivity contribution in [1.82, 2.24) is 9.36 Å². The molecule has 0 radical (unpaired) electrons. The molecule has 1 aromatic heterocycles. The fourth-order valence-corrected chi connectivity index (χ4v) is 2.08. The topological polar surface area (TPSA) is 35.0 Å². The Balaban J connectivity index is 2.53. The SMILES string of the molecule is CC(C)(C)[Si](C)(C)OCc1ncsn1. The minimum absolute atomic E-state index is 0.253. The normalized spacial score (nSPS) is 13.2. The Hall–Kier alpha value is -0.263. The van der Waals surface area contributed by atoms with Crippen molar-refractivity contribution in [2.45, 2.75) is 45.5 Å². The number of nitrogens with zero attached hydrogens (tertiary/aromatic N) is 2. The van der Waals surface area contributed by atoms with E-state index in [9.17, 15) is 0 Å². The second-order valence-electron chi connectivity index (χ2n) is 4.90. The summed E-state index contributed by atoms with van der Waals surface area (Å²) in [5.41, 5.74) is 1.74. The van der Waals surface area contributed by atoms with Crippen molar-refractivity contribution in [2.24, 2.45) is 0 Å². The second-order valence-corrected chi connectivity index (χ2v) is 10.3. The Bertz CT molecular complexity index is 280. The van der Waals surface area contributed by atoms with Crippen LogP contribution in [0.2, 0.25) is 18.1 Å². The number of hydrogen-bond donors (Lipinski definition) is 0. The third-order valence-electron chi connectivity index (χ3n) is 2.78. The van der Waals surface area contributed by atoms with Crippen LogP contribution in [0, 0.1) is 0 Å². The van der Waals surface area contributed by atoms with Gasteiger partial charge in [-0.15, -0.1) is 0 Å². The minimum atomic E-state index is -1.64. The molecule has 0 saturated carbocycles. The number of aromatic nitrogens is 2. The van der Waals surface area contributed by atoms with E-state index in [4.69, 9.17) is 4.43 Å². The van der Waals surface area contributed by atoms with E-state index in [-0.39, 0.29) is 5.04 Å². The molecule has 0 fully saturated rings. The Kier molecular flexibility index (Phi) is 3.44. The van der Waals surface area contributed by atoms with E-state index in [0.29, 0.717) is 6.61 Å². The van der Waals surface area contributed by atoms with Gasteiger partial charge < -0.3 is 4.43 Å². The maximum atomic E-state index is 5.96. The maximum Gasteiger partial charge on any atom is 0.192 e. The molecule has 0 aliphatic heterocycles. The average Bonchev–Trinajstić information content (AvgIpc) is 2.50. The van der Waals surface area contributed by atoms with Gasteiger partial charge >= 0.3 is 0 Å². The van der Waals surface area contributed by atoms with E-state index in [1.165, 1.54) is 11.5 Å². The fraction of sp³-hybridized carbons (Fsp3) is 0.778. The number of hydrogen-bond acceptors (Lipinski definition) is 4. The molecule has 0 aromatic carbocycles. The molecule has 14 heavy (non-hydrogen) atoms. The van der Waals surface area contributed by atoms with E-state index < -0.39 is 8.32 Å². The van der Waals surface area contributed by atoms with Gasteiger partial charge in [-0.05, 0) is 29.7 Å². The average molecular weight is 230 g/mol. The molecule has 0 saturated heterocycles. The van der Waals surface area contributed by atoms with Crippen LogP contribution in [0.15, 0.2) is 5.51 Å². The first kappa shape index (κ1) is 11.8. The summed E-state index contributed by atoms with van der Waals surface area (Å²) in [6, 6.07) is 0. The van der Waals surface area contributed by atoms with Crippen molar-refractivity contribution in [3.8, 4) is 0 Å². The molecule has 1 heterocycles. The van der Waals surface area contributed by atoms with Gasteiger partial charge in [0.1, 0.15) is 5.51 Å². The Morgan fingerprint density at radius 3 is 2.50 bits per heavy atom. The molecule has 0 unspecified atom stereocenters. The largest absolute Gasteiger partial charge is 0.409 e. The van der Waals surface area contributed by atoms with Crippen molar-refractivity contribution in [3.63, 3.8) is 0 Å². The van der Waals surface area contributed by atoms with Crippen molar-refractivity contribution in [1.29, 1.82) is 0 Å². The quantitative estimate of drug-likeness (QED) is 0.749. The van der Waals surface area contributed by atoms with Crippen molar-refractivity contribution >= 4 is 19.8 Å². The van der Waals surface area contributed by atoms with Crippen LogP contribution in [-0.4, -0.2) is 17.7 Å². The van der Waals surface area contributed by atoms with E-state index in [1.54, 1.807) is 5.51 Å². The van der Waals surface area contributed by atoms with Gasteiger partial charge in [0.25, 0.3) is 0 Å². The van der Waals surface area contributed by atoms with Crippen LogP contribution in [0.5, 0.6) is 0 Å². The molecule has 80 valence electrons.